The van der Waals surface area contributed by atoms with Gasteiger partial charge in [-0.15, -0.1) is 5.10 Å². The SMILES string of the molecule is CCCC(C)S(=O)(=O)Nc1cccc(Cn2nc3ccccn3c2=O)c1. The summed E-state index contributed by atoms with van der Waals surface area (Å²) < 4.78 is 30.2. The van der Waals surface area contributed by atoms with Gasteiger partial charge in [-0.25, -0.2) is 17.9 Å². The van der Waals surface area contributed by atoms with Crippen LogP contribution in [0.2, 0.25) is 0 Å². The third-order valence-electron chi connectivity index (χ3n) is 4.23. The first-order chi connectivity index (χ1) is 12.4. The van der Waals surface area contributed by atoms with E-state index in [9.17, 15) is 13.2 Å². The van der Waals surface area contributed by atoms with E-state index in [1.54, 1.807) is 43.5 Å². The molecule has 1 N–H and O–H groups in total. The van der Waals surface area contributed by atoms with Crippen molar-refractivity contribution in [2.45, 2.75) is 38.5 Å². The monoisotopic (exact) mass is 374 g/mol. The highest BCUT2D eigenvalue weighted by Crippen LogP contribution is 2.17. The largest absolute Gasteiger partial charge is 0.350 e. The molecule has 0 saturated carbocycles. The van der Waals surface area contributed by atoms with Crippen molar-refractivity contribution < 1.29 is 8.42 Å². The molecule has 0 amide bonds. The third-order valence-corrected chi connectivity index (χ3v) is 6.05. The van der Waals surface area contributed by atoms with Gasteiger partial charge < -0.3 is 0 Å². The van der Waals surface area contributed by atoms with Gasteiger partial charge in [0, 0.05) is 11.9 Å². The summed E-state index contributed by atoms with van der Waals surface area (Å²) in [6.45, 7) is 3.92. The molecule has 26 heavy (non-hydrogen) atoms. The highest BCUT2D eigenvalue weighted by atomic mass is 32.2. The number of benzene rings is 1. The van der Waals surface area contributed by atoms with Gasteiger partial charge >= 0.3 is 5.69 Å². The lowest BCUT2D eigenvalue weighted by Gasteiger charge is -2.14. The van der Waals surface area contributed by atoms with Gasteiger partial charge in [0.2, 0.25) is 10.0 Å². The fourth-order valence-corrected chi connectivity index (χ4v) is 4.01. The van der Waals surface area contributed by atoms with Gasteiger partial charge in [-0.1, -0.05) is 31.5 Å². The van der Waals surface area contributed by atoms with Crippen molar-refractivity contribution in [3.05, 3.63) is 64.7 Å². The van der Waals surface area contributed by atoms with Crippen molar-refractivity contribution in [1.82, 2.24) is 14.2 Å². The lowest BCUT2D eigenvalue weighted by Crippen LogP contribution is -2.25. The van der Waals surface area contributed by atoms with Gasteiger partial charge in [0.15, 0.2) is 5.65 Å². The van der Waals surface area contributed by atoms with Crippen LogP contribution in [-0.2, 0) is 16.6 Å². The molecule has 8 heteroatoms. The van der Waals surface area contributed by atoms with Crippen molar-refractivity contribution >= 4 is 21.4 Å². The highest BCUT2D eigenvalue weighted by molar-refractivity contribution is 7.93. The Labute approximate surface area is 152 Å². The van der Waals surface area contributed by atoms with Gasteiger partial charge in [-0.3, -0.25) is 9.12 Å². The fourth-order valence-electron chi connectivity index (χ4n) is 2.80. The number of pyridine rings is 1. The number of nitrogens with zero attached hydrogens (tertiary/aromatic N) is 3. The molecule has 0 aliphatic carbocycles. The molecule has 1 aromatic carbocycles. The number of hydrogen-bond donors (Lipinski definition) is 1. The van der Waals surface area contributed by atoms with Crippen LogP contribution in [0.5, 0.6) is 0 Å². The first-order valence-electron chi connectivity index (χ1n) is 8.55. The minimum atomic E-state index is -3.43. The Morgan fingerprint density at radius 2 is 2.00 bits per heavy atom. The summed E-state index contributed by atoms with van der Waals surface area (Å²) in [5, 5.41) is 3.83. The summed E-state index contributed by atoms with van der Waals surface area (Å²) in [5.41, 5.74) is 1.62. The van der Waals surface area contributed by atoms with Crippen molar-refractivity contribution in [1.29, 1.82) is 0 Å². The zero-order valence-corrected chi connectivity index (χ0v) is 15.6. The maximum Gasteiger partial charge on any atom is 0.350 e. The molecule has 3 aromatic rings. The molecule has 2 heterocycles. The summed E-state index contributed by atoms with van der Waals surface area (Å²) >= 11 is 0. The average molecular weight is 374 g/mol. The minimum absolute atomic E-state index is 0.233. The number of rotatable bonds is 7. The van der Waals surface area contributed by atoms with Gasteiger partial charge in [0.05, 0.1) is 11.8 Å². The second kappa shape index (κ2) is 7.33. The van der Waals surface area contributed by atoms with Crippen LogP contribution < -0.4 is 10.4 Å². The zero-order chi connectivity index (χ0) is 18.7. The van der Waals surface area contributed by atoms with Crippen LogP contribution in [-0.4, -0.2) is 27.8 Å². The van der Waals surface area contributed by atoms with Crippen LogP contribution in [0.4, 0.5) is 5.69 Å². The molecule has 0 aliphatic heterocycles. The highest BCUT2D eigenvalue weighted by Gasteiger charge is 2.19. The second-order valence-corrected chi connectivity index (χ2v) is 8.41. The lowest BCUT2D eigenvalue weighted by atomic mass is 10.2. The van der Waals surface area contributed by atoms with Gasteiger partial charge in [-0.2, -0.15) is 0 Å². The molecular weight excluding hydrogens is 352 g/mol. The van der Waals surface area contributed by atoms with E-state index in [4.69, 9.17) is 0 Å². The molecule has 138 valence electrons. The first-order valence-corrected chi connectivity index (χ1v) is 10.1. The number of anilines is 1. The Morgan fingerprint density at radius 1 is 1.19 bits per heavy atom. The predicted molar refractivity (Wildman–Crippen MR) is 102 cm³/mol. The number of hydrogen-bond acceptors (Lipinski definition) is 4. The molecular formula is C18H22N4O3S. The first kappa shape index (κ1) is 18.2. The van der Waals surface area contributed by atoms with Crippen LogP contribution in [0.25, 0.3) is 5.65 Å². The molecule has 0 radical (unpaired) electrons. The van der Waals surface area contributed by atoms with Crippen molar-refractivity contribution in [3.8, 4) is 0 Å². The summed E-state index contributed by atoms with van der Waals surface area (Å²) in [4.78, 5) is 12.4. The van der Waals surface area contributed by atoms with E-state index >= 15 is 0 Å². The average Bonchev–Trinajstić information content (AvgIpc) is 2.91. The van der Waals surface area contributed by atoms with E-state index in [2.05, 4.69) is 9.82 Å². The molecule has 1 atom stereocenters. The molecule has 0 spiro atoms. The van der Waals surface area contributed by atoms with E-state index in [0.717, 1.165) is 12.0 Å². The fraction of sp³-hybridized carbons (Fsp3) is 0.333. The number of aromatic nitrogens is 3. The van der Waals surface area contributed by atoms with Crippen LogP contribution in [0.3, 0.4) is 0 Å². The summed E-state index contributed by atoms with van der Waals surface area (Å²) in [5.74, 6) is 0. The van der Waals surface area contributed by atoms with E-state index in [1.165, 1.54) is 9.08 Å². The number of sulfonamides is 1. The molecule has 3 rings (SSSR count). The van der Waals surface area contributed by atoms with Crippen LogP contribution in [0, 0.1) is 0 Å². The quantitative estimate of drug-likeness (QED) is 0.688. The maximum absolute atomic E-state index is 12.4. The molecule has 0 bridgehead atoms. The normalized spacial score (nSPS) is 13.0. The van der Waals surface area contributed by atoms with Crippen LogP contribution >= 0.6 is 0 Å². The van der Waals surface area contributed by atoms with Crippen LogP contribution in [0.1, 0.15) is 32.3 Å². The van der Waals surface area contributed by atoms with Crippen LogP contribution in [0.15, 0.2) is 53.5 Å². The Balaban J connectivity index is 1.83. The van der Waals surface area contributed by atoms with Gasteiger partial charge in [-0.05, 0) is 43.2 Å². The van der Waals surface area contributed by atoms with Crippen molar-refractivity contribution in [2.24, 2.45) is 0 Å². The Kier molecular flexibility index (Phi) is 5.13. The van der Waals surface area contributed by atoms with E-state index in [1.807, 2.05) is 19.1 Å². The Bertz CT molecular complexity index is 1070. The molecule has 0 fully saturated rings. The van der Waals surface area contributed by atoms with E-state index < -0.39 is 15.3 Å². The summed E-state index contributed by atoms with van der Waals surface area (Å²) in [6.07, 6.45) is 3.07. The maximum atomic E-state index is 12.4. The molecule has 0 aliphatic rings. The third kappa shape index (κ3) is 3.80. The number of fused-ring (bicyclic) bond motifs is 1. The molecule has 0 saturated heterocycles. The number of nitrogens with one attached hydrogen (secondary N) is 1. The second-order valence-electron chi connectivity index (χ2n) is 6.32. The van der Waals surface area contributed by atoms with Crippen molar-refractivity contribution in [2.75, 3.05) is 4.72 Å². The smallest absolute Gasteiger partial charge is 0.283 e. The zero-order valence-electron chi connectivity index (χ0n) is 14.8. The Morgan fingerprint density at radius 3 is 2.73 bits per heavy atom. The van der Waals surface area contributed by atoms with E-state index in [0.29, 0.717) is 17.8 Å². The Hall–Kier alpha value is -2.61. The van der Waals surface area contributed by atoms with Gasteiger partial charge in [0.25, 0.3) is 0 Å². The van der Waals surface area contributed by atoms with Crippen molar-refractivity contribution in [3.63, 3.8) is 0 Å². The minimum Gasteiger partial charge on any atom is -0.283 e. The summed E-state index contributed by atoms with van der Waals surface area (Å²) in [6, 6.07) is 12.4. The van der Waals surface area contributed by atoms with Gasteiger partial charge in [0.1, 0.15) is 0 Å². The summed E-state index contributed by atoms with van der Waals surface area (Å²) in [7, 11) is -3.43. The molecule has 1 unspecified atom stereocenters. The van der Waals surface area contributed by atoms with E-state index in [-0.39, 0.29) is 12.2 Å². The lowest BCUT2D eigenvalue weighted by molar-refractivity contribution is 0.581. The predicted octanol–water partition coefficient (Wildman–Crippen LogP) is 2.47. The molecule has 2 aromatic heterocycles. The topological polar surface area (TPSA) is 85.5 Å². The standard InChI is InChI=1S/C18H22N4O3S/c1-3-7-14(2)26(24,25)20-16-9-6-8-15(12-16)13-22-18(23)21-11-5-4-10-17(21)19-22/h4-6,8-12,14,20H,3,7,13H2,1-2H3. The molecule has 7 nitrogen and oxygen atoms in total.